The van der Waals surface area contributed by atoms with Crippen LogP contribution in [0.4, 0.5) is 5.82 Å². The van der Waals surface area contributed by atoms with Gasteiger partial charge in [-0.3, -0.25) is 9.36 Å². The van der Waals surface area contributed by atoms with Crippen molar-refractivity contribution >= 4 is 20.0 Å². The lowest BCUT2D eigenvalue weighted by Gasteiger charge is -2.39. The van der Waals surface area contributed by atoms with E-state index in [1.165, 1.54) is 4.57 Å². The van der Waals surface area contributed by atoms with Crippen LogP contribution < -0.4 is 11.0 Å². The number of rotatable bonds is 7. The molecule has 4 rings (SSSR count). The van der Waals surface area contributed by atoms with Crippen LogP contribution in [0.1, 0.15) is 49.3 Å². The average Bonchev–Trinajstić information content (AvgIpc) is 3.29. The SMILES string of the molecule is CC(C)(C)[Si](C)(C)OC[C@]1(c2ccccc2)CO[C@H](n2ccc(NC(=O)c3ccccc3)nc2=O)C1. The molecule has 0 unspecified atom stereocenters. The molecule has 0 bridgehead atoms. The van der Waals surface area contributed by atoms with Crippen molar-refractivity contribution in [3.63, 3.8) is 0 Å². The van der Waals surface area contributed by atoms with E-state index in [1.54, 1.807) is 36.5 Å². The van der Waals surface area contributed by atoms with Gasteiger partial charge in [-0.05, 0) is 41.9 Å². The molecule has 2 atom stereocenters. The van der Waals surface area contributed by atoms with E-state index in [-0.39, 0.29) is 22.2 Å². The number of anilines is 1. The molecule has 0 aliphatic carbocycles. The second-order valence-electron chi connectivity index (χ2n) is 11.0. The van der Waals surface area contributed by atoms with E-state index in [0.717, 1.165) is 5.56 Å². The Bertz CT molecular complexity index is 1260. The van der Waals surface area contributed by atoms with E-state index in [9.17, 15) is 9.59 Å². The number of amides is 1. The zero-order valence-corrected chi connectivity index (χ0v) is 22.7. The zero-order valence-electron chi connectivity index (χ0n) is 21.7. The molecule has 0 saturated carbocycles. The molecule has 1 aromatic heterocycles. The van der Waals surface area contributed by atoms with Gasteiger partial charge in [0.15, 0.2) is 8.32 Å². The predicted octanol–water partition coefficient (Wildman–Crippen LogP) is 5.37. The van der Waals surface area contributed by atoms with Crippen molar-refractivity contribution in [1.82, 2.24) is 9.55 Å². The lowest BCUT2D eigenvalue weighted by molar-refractivity contribution is 0.0471. The van der Waals surface area contributed by atoms with Crippen LogP contribution in [0.15, 0.2) is 77.7 Å². The minimum Gasteiger partial charge on any atom is -0.416 e. The molecule has 1 saturated heterocycles. The maximum absolute atomic E-state index is 12.9. The van der Waals surface area contributed by atoms with E-state index >= 15 is 0 Å². The van der Waals surface area contributed by atoms with Crippen molar-refractivity contribution in [1.29, 1.82) is 0 Å². The third kappa shape index (κ3) is 5.51. The maximum atomic E-state index is 12.9. The first-order valence-electron chi connectivity index (χ1n) is 12.3. The Morgan fingerprint density at radius 3 is 2.36 bits per heavy atom. The lowest BCUT2D eigenvalue weighted by atomic mass is 9.80. The summed E-state index contributed by atoms with van der Waals surface area (Å²) >= 11 is 0. The number of nitrogens with zero attached hydrogens (tertiary/aromatic N) is 2. The van der Waals surface area contributed by atoms with Crippen LogP contribution >= 0.6 is 0 Å². The van der Waals surface area contributed by atoms with Gasteiger partial charge in [-0.25, -0.2) is 4.79 Å². The average molecular weight is 506 g/mol. The van der Waals surface area contributed by atoms with Crippen LogP contribution in [0, 0.1) is 0 Å². The van der Waals surface area contributed by atoms with Gasteiger partial charge in [0.05, 0.1) is 6.61 Å². The van der Waals surface area contributed by atoms with E-state index < -0.39 is 20.2 Å². The Morgan fingerprint density at radius 2 is 1.75 bits per heavy atom. The van der Waals surface area contributed by atoms with Crippen molar-refractivity contribution < 1.29 is 14.0 Å². The molecule has 8 heteroatoms. The fraction of sp³-hybridized carbons (Fsp3) is 0.393. The summed E-state index contributed by atoms with van der Waals surface area (Å²) in [5, 5.41) is 2.78. The monoisotopic (exact) mass is 505 g/mol. The molecule has 3 aromatic rings. The van der Waals surface area contributed by atoms with Crippen LogP contribution in [-0.4, -0.2) is 37.0 Å². The van der Waals surface area contributed by atoms with Gasteiger partial charge in [-0.2, -0.15) is 4.98 Å². The summed E-state index contributed by atoms with van der Waals surface area (Å²) < 4.78 is 14.4. The fourth-order valence-electron chi connectivity index (χ4n) is 4.08. The highest BCUT2D eigenvalue weighted by atomic mass is 28.4. The van der Waals surface area contributed by atoms with Gasteiger partial charge in [0.1, 0.15) is 12.0 Å². The van der Waals surface area contributed by atoms with E-state index in [1.807, 2.05) is 24.3 Å². The van der Waals surface area contributed by atoms with Gasteiger partial charge < -0.3 is 14.5 Å². The number of hydrogen-bond acceptors (Lipinski definition) is 5. The Labute approximate surface area is 213 Å². The van der Waals surface area contributed by atoms with Gasteiger partial charge in [0.2, 0.25) is 0 Å². The second kappa shape index (κ2) is 10.1. The zero-order chi connectivity index (χ0) is 26.0. The summed E-state index contributed by atoms with van der Waals surface area (Å²) in [5.74, 6) is -0.109. The van der Waals surface area contributed by atoms with Crippen molar-refractivity contribution in [3.05, 3.63) is 94.5 Å². The molecule has 1 N–H and O–H groups in total. The molecular weight excluding hydrogens is 470 g/mol. The largest absolute Gasteiger partial charge is 0.416 e. The third-order valence-electron chi connectivity index (χ3n) is 7.44. The first kappa shape index (κ1) is 26.0. The normalized spacial score (nSPS) is 20.3. The van der Waals surface area contributed by atoms with Crippen molar-refractivity contribution in [2.45, 2.75) is 57.0 Å². The predicted molar refractivity (Wildman–Crippen MR) is 144 cm³/mol. The van der Waals surface area contributed by atoms with Gasteiger partial charge >= 0.3 is 5.69 Å². The molecule has 1 fully saturated rings. The molecular formula is C28H35N3O4Si. The number of benzene rings is 2. The highest BCUT2D eigenvalue weighted by molar-refractivity contribution is 6.74. The van der Waals surface area contributed by atoms with E-state index in [0.29, 0.717) is 25.2 Å². The highest BCUT2D eigenvalue weighted by Crippen LogP contribution is 2.43. The molecule has 1 aliphatic rings. The Hall–Kier alpha value is -3.07. The molecule has 36 heavy (non-hydrogen) atoms. The van der Waals surface area contributed by atoms with Crippen LogP contribution in [0.2, 0.25) is 18.1 Å². The molecule has 1 aliphatic heterocycles. The first-order valence-corrected chi connectivity index (χ1v) is 15.2. The van der Waals surface area contributed by atoms with Crippen LogP contribution in [0.5, 0.6) is 0 Å². The number of carbonyl (C=O) groups is 1. The number of ether oxygens (including phenoxy) is 1. The van der Waals surface area contributed by atoms with Crippen LogP contribution in [0.3, 0.4) is 0 Å². The molecule has 0 spiro atoms. The van der Waals surface area contributed by atoms with Gasteiger partial charge in [0, 0.05) is 30.2 Å². The minimum absolute atomic E-state index is 0.0879. The van der Waals surface area contributed by atoms with E-state index in [4.69, 9.17) is 9.16 Å². The van der Waals surface area contributed by atoms with Crippen LogP contribution in [-0.2, 0) is 14.6 Å². The smallest absolute Gasteiger partial charge is 0.351 e. The molecule has 0 radical (unpaired) electrons. The Balaban J connectivity index is 1.54. The maximum Gasteiger partial charge on any atom is 0.351 e. The van der Waals surface area contributed by atoms with Crippen molar-refractivity contribution in [2.75, 3.05) is 18.5 Å². The fourth-order valence-corrected chi connectivity index (χ4v) is 5.15. The first-order chi connectivity index (χ1) is 17.0. The lowest BCUT2D eigenvalue weighted by Crippen LogP contribution is -2.45. The standard InChI is InChI=1S/C28H35N3O4Si/c1-27(2,3)36(4,5)35-20-28(22-14-10-7-11-15-22)18-24(34-19-28)31-17-16-23(30-26(31)33)29-25(32)21-12-8-6-9-13-21/h6-17,24H,18-20H2,1-5H3,(H,29,30,32,33)/t24-,28+/m0/s1. The Kier molecular flexibility index (Phi) is 7.31. The molecule has 190 valence electrons. The van der Waals surface area contributed by atoms with Crippen molar-refractivity contribution in [3.8, 4) is 0 Å². The highest BCUT2D eigenvalue weighted by Gasteiger charge is 2.46. The summed E-state index contributed by atoms with van der Waals surface area (Å²) in [5.41, 5.74) is 0.789. The van der Waals surface area contributed by atoms with Gasteiger partial charge in [-0.15, -0.1) is 0 Å². The summed E-state index contributed by atoms with van der Waals surface area (Å²) in [4.78, 5) is 29.5. The topological polar surface area (TPSA) is 82.4 Å². The quantitative estimate of drug-likeness (QED) is 0.436. The summed E-state index contributed by atoms with van der Waals surface area (Å²) in [6, 6.07) is 20.7. The minimum atomic E-state index is -1.99. The molecule has 2 heterocycles. The van der Waals surface area contributed by atoms with E-state index in [2.05, 4.69) is 56.3 Å². The third-order valence-corrected chi connectivity index (χ3v) is 11.9. The number of carbonyl (C=O) groups excluding carboxylic acids is 1. The Morgan fingerprint density at radius 1 is 1.11 bits per heavy atom. The molecule has 1 amide bonds. The summed E-state index contributed by atoms with van der Waals surface area (Å²) in [6.45, 7) is 12.1. The summed E-state index contributed by atoms with van der Waals surface area (Å²) in [6.07, 6.45) is 1.74. The molecule has 2 aromatic carbocycles. The second-order valence-corrected chi connectivity index (χ2v) is 15.8. The van der Waals surface area contributed by atoms with Gasteiger partial charge in [-0.1, -0.05) is 69.3 Å². The number of hydrogen-bond donors (Lipinski definition) is 1. The van der Waals surface area contributed by atoms with Crippen molar-refractivity contribution in [2.24, 2.45) is 0 Å². The number of aromatic nitrogens is 2. The number of nitrogens with one attached hydrogen (secondary N) is 1. The molecule has 7 nitrogen and oxygen atoms in total. The van der Waals surface area contributed by atoms with Crippen LogP contribution in [0.25, 0.3) is 0 Å². The summed E-state index contributed by atoms with van der Waals surface area (Å²) in [7, 11) is -1.99. The van der Waals surface area contributed by atoms with Gasteiger partial charge in [0.25, 0.3) is 5.91 Å².